The predicted octanol–water partition coefficient (Wildman–Crippen LogP) is 0.807. The van der Waals surface area contributed by atoms with Crippen LogP contribution in [-0.2, 0) is 16.8 Å². The van der Waals surface area contributed by atoms with Crippen molar-refractivity contribution >= 4 is 0 Å². The Balaban J connectivity index is 2.05. The molecular weight excluding hydrogens is 213 g/mol. The normalized spacial score (nSPS) is 19.9. The van der Waals surface area contributed by atoms with Crippen LogP contribution in [-0.4, -0.2) is 36.9 Å². The van der Waals surface area contributed by atoms with Gasteiger partial charge in [-0.25, -0.2) is 4.39 Å². The van der Waals surface area contributed by atoms with Gasteiger partial charge in [-0.2, -0.15) is 4.98 Å². The van der Waals surface area contributed by atoms with Gasteiger partial charge in [-0.15, -0.1) is 0 Å². The average molecular weight is 229 g/mol. The van der Waals surface area contributed by atoms with E-state index in [0.29, 0.717) is 44.8 Å². The number of piperidine rings is 1. The van der Waals surface area contributed by atoms with Crippen molar-refractivity contribution in [2.24, 2.45) is 0 Å². The smallest absolute Gasteiger partial charge is 0.264 e. The van der Waals surface area contributed by atoms with Crippen molar-refractivity contribution in [2.45, 2.75) is 24.9 Å². The van der Waals surface area contributed by atoms with Crippen molar-refractivity contribution in [1.29, 1.82) is 0 Å². The fourth-order valence-corrected chi connectivity index (χ4v) is 1.77. The van der Waals surface area contributed by atoms with E-state index in [-0.39, 0.29) is 5.89 Å². The van der Waals surface area contributed by atoms with E-state index in [1.807, 2.05) is 0 Å². The Morgan fingerprint density at radius 2 is 2.25 bits per heavy atom. The lowest BCUT2D eigenvalue weighted by Crippen LogP contribution is -2.36. The molecule has 0 radical (unpaired) electrons. The fraction of sp³-hybridized carbons (Fsp3) is 0.800. The summed E-state index contributed by atoms with van der Waals surface area (Å²) in [5.41, 5.74) is -1.45. The Bertz CT molecular complexity index is 337. The van der Waals surface area contributed by atoms with Crippen LogP contribution in [0.15, 0.2) is 4.52 Å². The first-order valence-corrected chi connectivity index (χ1v) is 5.46. The Morgan fingerprint density at radius 3 is 2.94 bits per heavy atom. The maximum atomic E-state index is 14.4. The van der Waals surface area contributed by atoms with Crippen molar-refractivity contribution in [2.75, 3.05) is 26.8 Å². The monoisotopic (exact) mass is 229 g/mol. The highest BCUT2D eigenvalue weighted by atomic mass is 19.1. The summed E-state index contributed by atoms with van der Waals surface area (Å²) in [6, 6.07) is 0. The number of hydrogen-bond acceptors (Lipinski definition) is 5. The number of nitrogens with zero attached hydrogens (tertiary/aromatic N) is 2. The minimum absolute atomic E-state index is 0.111. The van der Waals surface area contributed by atoms with E-state index < -0.39 is 5.67 Å². The summed E-state index contributed by atoms with van der Waals surface area (Å²) in [4.78, 5) is 4.08. The van der Waals surface area contributed by atoms with Gasteiger partial charge in [0.2, 0.25) is 0 Å². The molecule has 0 aliphatic carbocycles. The summed E-state index contributed by atoms with van der Waals surface area (Å²) in [5, 5.41) is 6.85. The van der Waals surface area contributed by atoms with Crippen LogP contribution in [0.4, 0.5) is 4.39 Å². The fourth-order valence-electron chi connectivity index (χ4n) is 1.77. The number of hydrogen-bond donors (Lipinski definition) is 1. The van der Waals surface area contributed by atoms with Gasteiger partial charge in [-0.3, -0.25) is 0 Å². The summed E-state index contributed by atoms with van der Waals surface area (Å²) in [6.45, 7) is 1.80. The largest absolute Gasteiger partial charge is 0.384 e. The molecule has 2 rings (SSSR count). The van der Waals surface area contributed by atoms with Crippen molar-refractivity contribution in [3.05, 3.63) is 11.7 Å². The summed E-state index contributed by atoms with van der Waals surface area (Å²) >= 11 is 0. The number of alkyl halides is 1. The molecule has 1 aromatic rings. The molecule has 0 unspecified atom stereocenters. The minimum atomic E-state index is -1.45. The molecule has 5 nitrogen and oxygen atoms in total. The summed E-state index contributed by atoms with van der Waals surface area (Å²) in [7, 11) is 1.60. The van der Waals surface area contributed by atoms with Gasteiger partial charge < -0.3 is 14.6 Å². The van der Waals surface area contributed by atoms with Crippen LogP contribution in [0.25, 0.3) is 0 Å². The second-order valence-electron chi connectivity index (χ2n) is 3.97. The zero-order valence-corrected chi connectivity index (χ0v) is 9.33. The zero-order chi connectivity index (χ0) is 11.4. The first-order chi connectivity index (χ1) is 7.74. The number of ether oxygens (including phenoxy) is 1. The lowest BCUT2D eigenvalue weighted by Gasteiger charge is -2.26. The Morgan fingerprint density at radius 1 is 1.50 bits per heavy atom. The molecule has 0 amide bonds. The van der Waals surface area contributed by atoms with Crippen LogP contribution in [0.3, 0.4) is 0 Å². The SMILES string of the molecule is COCCc1noc(C2(F)CCNCC2)n1. The molecule has 1 fully saturated rings. The molecule has 0 bridgehead atoms. The van der Waals surface area contributed by atoms with E-state index in [1.165, 1.54) is 0 Å². The van der Waals surface area contributed by atoms with E-state index in [0.717, 1.165) is 0 Å². The van der Waals surface area contributed by atoms with Gasteiger partial charge in [0.05, 0.1) is 6.61 Å². The summed E-state index contributed by atoms with van der Waals surface area (Å²) < 4.78 is 24.3. The van der Waals surface area contributed by atoms with Crippen LogP contribution in [0.1, 0.15) is 24.6 Å². The highest BCUT2D eigenvalue weighted by molar-refractivity contribution is 5.01. The molecular formula is C10H16FN3O2. The van der Waals surface area contributed by atoms with Crippen LogP contribution in [0, 0.1) is 0 Å². The van der Waals surface area contributed by atoms with Crippen molar-refractivity contribution in [3.8, 4) is 0 Å². The third-order valence-electron chi connectivity index (χ3n) is 2.78. The molecule has 0 aromatic carbocycles. The maximum Gasteiger partial charge on any atom is 0.264 e. The lowest BCUT2D eigenvalue weighted by atomic mass is 9.94. The van der Waals surface area contributed by atoms with E-state index in [2.05, 4.69) is 15.5 Å². The predicted molar refractivity (Wildman–Crippen MR) is 54.8 cm³/mol. The maximum absolute atomic E-state index is 14.4. The van der Waals surface area contributed by atoms with Gasteiger partial charge >= 0.3 is 0 Å². The van der Waals surface area contributed by atoms with Crippen LogP contribution >= 0.6 is 0 Å². The third kappa shape index (κ3) is 2.38. The van der Waals surface area contributed by atoms with E-state index in [1.54, 1.807) is 7.11 Å². The molecule has 2 heterocycles. The highest BCUT2D eigenvalue weighted by Gasteiger charge is 2.39. The van der Waals surface area contributed by atoms with Gasteiger partial charge in [-0.05, 0) is 13.1 Å². The van der Waals surface area contributed by atoms with Gasteiger partial charge in [0.1, 0.15) is 0 Å². The molecule has 1 N–H and O–H groups in total. The first kappa shape index (κ1) is 11.5. The Hall–Kier alpha value is -1.01. The molecule has 1 saturated heterocycles. The molecule has 1 aliphatic heterocycles. The molecule has 16 heavy (non-hydrogen) atoms. The number of methoxy groups -OCH3 is 1. The van der Waals surface area contributed by atoms with Crippen molar-refractivity contribution in [1.82, 2.24) is 15.5 Å². The zero-order valence-electron chi connectivity index (χ0n) is 9.33. The Labute approximate surface area is 93.4 Å². The van der Waals surface area contributed by atoms with Gasteiger partial charge in [-0.1, -0.05) is 5.16 Å². The number of nitrogens with one attached hydrogen (secondary N) is 1. The van der Waals surface area contributed by atoms with E-state index in [4.69, 9.17) is 9.26 Å². The second-order valence-corrected chi connectivity index (χ2v) is 3.97. The van der Waals surface area contributed by atoms with E-state index in [9.17, 15) is 4.39 Å². The van der Waals surface area contributed by atoms with Gasteiger partial charge in [0.25, 0.3) is 5.89 Å². The van der Waals surface area contributed by atoms with Crippen LogP contribution in [0.2, 0.25) is 0 Å². The molecule has 90 valence electrons. The Kier molecular flexibility index (Phi) is 3.50. The standard InChI is InChI=1S/C10H16FN3O2/c1-15-7-2-8-13-9(16-14-8)10(11)3-5-12-6-4-10/h12H,2-7H2,1H3. The summed E-state index contributed by atoms with van der Waals surface area (Å²) in [6.07, 6.45) is 1.33. The quantitative estimate of drug-likeness (QED) is 0.827. The van der Waals surface area contributed by atoms with Crippen molar-refractivity contribution in [3.63, 3.8) is 0 Å². The molecule has 0 atom stereocenters. The molecule has 0 spiro atoms. The van der Waals surface area contributed by atoms with Crippen LogP contribution in [0.5, 0.6) is 0 Å². The second kappa shape index (κ2) is 4.88. The molecule has 0 saturated carbocycles. The molecule has 1 aromatic heterocycles. The first-order valence-electron chi connectivity index (χ1n) is 5.46. The minimum Gasteiger partial charge on any atom is -0.384 e. The van der Waals surface area contributed by atoms with Crippen molar-refractivity contribution < 1.29 is 13.7 Å². The third-order valence-corrected chi connectivity index (χ3v) is 2.78. The van der Waals surface area contributed by atoms with Gasteiger partial charge in [0, 0.05) is 26.4 Å². The lowest BCUT2D eigenvalue weighted by molar-refractivity contribution is 0.0723. The highest BCUT2D eigenvalue weighted by Crippen LogP contribution is 2.33. The van der Waals surface area contributed by atoms with E-state index >= 15 is 0 Å². The topological polar surface area (TPSA) is 60.2 Å². The molecule has 6 heteroatoms. The number of halogens is 1. The van der Waals surface area contributed by atoms with Gasteiger partial charge in [0.15, 0.2) is 11.5 Å². The number of rotatable bonds is 4. The number of aromatic nitrogens is 2. The van der Waals surface area contributed by atoms with Crippen LogP contribution < -0.4 is 5.32 Å². The average Bonchev–Trinajstić information content (AvgIpc) is 2.77. The summed E-state index contributed by atoms with van der Waals surface area (Å²) in [5.74, 6) is 0.618. The molecule has 1 aliphatic rings.